The van der Waals surface area contributed by atoms with E-state index in [9.17, 15) is 0 Å². The summed E-state index contributed by atoms with van der Waals surface area (Å²) >= 11 is 3.45. The smallest absolute Gasteiger partial charge is 0.122 e. The molecule has 16 heavy (non-hydrogen) atoms. The summed E-state index contributed by atoms with van der Waals surface area (Å²) in [6.07, 6.45) is 3.61. The lowest BCUT2D eigenvalue weighted by Gasteiger charge is -2.16. The third-order valence-electron chi connectivity index (χ3n) is 3.30. The Morgan fingerprint density at radius 3 is 2.75 bits per heavy atom. The number of nitrogens with two attached hydrogens (primary N) is 1. The molecule has 88 valence electrons. The third kappa shape index (κ3) is 2.77. The standard InChI is InChI=1S/C13H18BrNO/c1-10-8-11(14)2-3-12(10)16-9-13(4-5-13)6-7-15/h2-3,8H,4-7,9,15H2,1H3. The minimum Gasteiger partial charge on any atom is -0.493 e. The highest BCUT2D eigenvalue weighted by molar-refractivity contribution is 9.10. The molecule has 0 bridgehead atoms. The minimum absolute atomic E-state index is 0.383. The minimum atomic E-state index is 0.383. The predicted octanol–water partition coefficient (Wildman–Crippen LogP) is 3.27. The van der Waals surface area contributed by atoms with Crippen LogP contribution in [0.15, 0.2) is 22.7 Å². The van der Waals surface area contributed by atoms with Gasteiger partial charge in [-0.25, -0.2) is 0 Å². The molecule has 0 unspecified atom stereocenters. The molecule has 1 aliphatic carbocycles. The molecule has 1 aromatic rings. The summed E-state index contributed by atoms with van der Waals surface area (Å²) < 4.78 is 6.99. The maximum absolute atomic E-state index is 5.90. The zero-order valence-corrected chi connectivity index (χ0v) is 11.2. The van der Waals surface area contributed by atoms with Gasteiger partial charge in [-0.3, -0.25) is 0 Å². The summed E-state index contributed by atoms with van der Waals surface area (Å²) in [4.78, 5) is 0. The van der Waals surface area contributed by atoms with Gasteiger partial charge in [0.05, 0.1) is 6.61 Å². The lowest BCUT2D eigenvalue weighted by atomic mass is 10.0. The molecule has 0 spiro atoms. The summed E-state index contributed by atoms with van der Waals surface area (Å²) in [5.41, 5.74) is 7.17. The van der Waals surface area contributed by atoms with Crippen molar-refractivity contribution in [3.8, 4) is 5.75 Å². The van der Waals surface area contributed by atoms with E-state index in [0.29, 0.717) is 5.41 Å². The Balaban J connectivity index is 1.94. The Hall–Kier alpha value is -0.540. The quantitative estimate of drug-likeness (QED) is 0.900. The van der Waals surface area contributed by atoms with Gasteiger partial charge < -0.3 is 10.5 Å². The second-order valence-corrected chi connectivity index (χ2v) is 5.65. The van der Waals surface area contributed by atoms with Crippen molar-refractivity contribution in [3.05, 3.63) is 28.2 Å². The first-order chi connectivity index (χ1) is 7.65. The number of rotatable bonds is 5. The maximum atomic E-state index is 5.90. The summed E-state index contributed by atoms with van der Waals surface area (Å²) in [7, 11) is 0. The van der Waals surface area contributed by atoms with Gasteiger partial charge in [0.1, 0.15) is 5.75 Å². The topological polar surface area (TPSA) is 35.2 Å². The first kappa shape index (κ1) is 11.9. The molecule has 0 amide bonds. The van der Waals surface area contributed by atoms with E-state index < -0.39 is 0 Å². The van der Waals surface area contributed by atoms with Crippen LogP contribution in [0.2, 0.25) is 0 Å². The van der Waals surface area contributed by atoms with Crippen LogP contribution in [-0.2, 0) is 0 Å². The molecule has 0 aliphatic heterocycles. The molecule has 2 rings (SSSR count). The van der Waals surface area contributed by atoms with Gasteiger partial charge in [0, 0.05) is 9.89 Å². The fourth-order valence-corrected chi connectivity index (χ4v) is 2.43. The van der Waals surface area contributed by atoms with E-state index in [4.69, 9.17) is 10.5 Å². The molecular formula is C13H18BrNO. The Kier molecular flexibility index (Phi) is 3.55. The van der Waals surface area contributed by atoms with E-state index in [0.717, 1.165) is 29.8 Å². The highest BCUT2D eigenvalue weighted by Gasteiger charge is 2.42. The molecule has 1 aliphatic rings. The highest BCUT2D eigenvalue weighted by atomic mass is 79.9. The molecule has 3 heteroatoms. The molecule has 0 aromatic heterocycles. The van der Waals surface area contributed by atoms with Gasteiger partial charge in [0.15, 0.2) is 0 Å². The van der Waals surface area contributed by atoms with Crippen molar-refractivity contribution < 1.29 is 4.74 Å². The van der Waals surface area contributed by atoms with Crippen molar-refractivity contribution in [1.29, 1.82) is 0 Å². The van der Waals surface area contributed by atoms with Crippen LogP contribution >= 0.6 is 15.9 Å². The predicted molar refractivity (Wildman–Crippen MR) is 69.7 cm³/mol. The van der Waals surface area contributed by atoms with Gasteiger partial charge >= 0.3 is 0 Å². The monoisotopic (exact) mass is 283 g/mol. The van der Waals surface area contributed by atoms with Gasteiger partial charge in [-0.05, 0) is 56.5 Å². The molecule has 2 N–H and O–H groups in total. The summed E-state index contributed by atoms with van der Waals surface area (Å²) in [6.45, 7) is 3.65. The lowest BCUT2D eigenvalue weighted by molar-refractivity contribution is 0.225. The van der Waals surface area contributed by atoms with Crippen LogP contribution in [0.1, 0.15) is 24.8 Å². The molecule has 0 radical (unpaired) electrons. The van der Waals surface area contributed by atoms with E-state index in [1.165, 1.54) is 18.4 Å². The van der Waals surface area contributed by atoms with Crippen LogP contribution in [0.3, 0.4) is 0 Å². The van der Waals surface area contributed by atoms with Crippen molar-refractivity contribution in [3.63, 3.8) is 0 Å². The third-order valence-corrected chi connectivity index (χ3v) is 3.80. The van der Waals surface area contributed by atoms with Crippen LogP contribution in [0.25, 0.3) is 0 Å². The average molecular weight is 284 g/mol. The van der Waals surface area contributed by atoms with E-state index >= 15 is 0 Å². The number of hydrogen-bond acceptors (Lipinski definition) is 2. The second-order valence-electron chi connectivity index (χ2n) is 4.74. The van der Waals surface area contributed by atoms with Gasteiger partial charge in [0.2, 0.25) is 0 Å². The molecule has 1 saturated carbocycles. The Bertz CT molecular complexity index is 374. The fraction of sp³-hybridized carbons (Fsp3) is 0.538. The van der Waals surface area contributed by atoms with Crippen molar-refractivity contribution in [2.75, 3.05) is 13.2 Å². The zero-order chi connectivity index (χ0) is 11.6. The first-order valence-corrected chi connectivity index (χ1v) is 6.54. The number of hydrogen-bond donors (Lipinski definition) is 1. The normalized spacial score (nSPS) is 17.2. The van der Waals surface area contributed by atoms with Crippen LogP contribution in [-0.4, -0.2) is 13.2 Å². The molecule has 0 heterocycles. The van der Waals surface area contributed by atoms with Crippen molar-refractivity contribution in [2.24, 2.45) is 11.1 Å². The van der Waals surface area contributed by atoms with Crippen LogP contribution in [0, 0.1) is 12.3 Å². The summed E-state index contributed by atoms with van der Waals surface area (Å²) in [6, 6.07) is 6.13. The van der Waals surface area contributed by atoms with Crippen LogP contribution in [0.4, 0.5) is 0 Å². The molecule has 1 fully saturated rings. The van der Waals surface area contributed by atoms with Gasteiger partial charge in [-0.2, -0.15) is 0 Å². The SMILES string of the molecule is Cc1cc(Br)ccc1OCC1(CCN)CC1. The number of benzene rings is 1. The highest BCUT2D eigenvalue weighted by Crippen LogP contribution is 2.48. The van der Waals surface area contributed by atoms with Crippen LogP contribution < -0.4 is 10.5 Å². The van der Waals surface area contributed by atoms with E-state index in [2.05, 4.69) is 28.9 Å². The lowest BCUT2D eigenvalue weighted by Crippen LogP contribution is -2.17. The van der Waals surface area contributed by atoms with Crippen molar-refractivity contribution >= 4 is 15.9 Å². The number of aryl methyl sites for hydroxylation is 1. The van der Waals surface area contributed by atoms with Crippen LogP contribution in [0.5, 0.6) is 5.75 Å². The second kappa shape index (κ2) is 4.76. The Morgan fingerprint density at radius 1 is 1.44 bits per heavy atom. The molecule has 0 atom stereocenters. The van der Waals surface area contributed by atoms with E-state index in [1.807, 2.05) is 12.1 Å². The van der Waals surface area contributed by atoms with Gasteiger partial charge in [-0.1, -0.05) is 15.9 Å². The first-order valence-electron chi connectivity index (χ1n) is 5.74. The molecule has 1 aromatic carbocycles. The Morgan fingerprint density at radius 2 is 2.19 bits per heavy atom. The average Bonchev–Trinajstić information content (AvgIpc) is 2.98. The largest absolute Gasteiger partial charge is 0.493 e. The van der Waals surface area contributed by atoms with E-state index in [-0.39, 0.29) is 0 Å². The number of ether oxygens (including phenoxy) is 1. The summed E-state index contributed by atoms with van der Waals surface area (Å²) in [5, 5.41) is 0. The van der Waals surface area contributed by atoms with Crippen molar-refractivity contribution in [2.45, 2.75) is 26.2 Å². The zero-order valence-electron chi connectivity index (χ0n) is 9.63. The molecular weight excluding hydrogens is 266 g/mol. The molecule has 2 nitrogen and oxygen atoms in total. The maximum Gasteiger partial charge on any atom is 0.122 e. The van der Waals surface area contributed by atoms with Gasteiger partial charge in [0.25, 0.3) is 0 Å². The fourth-order valence-electron chi connectivity index (χ4n) is 1.96. The summed E-state index contributed by atoms with van der Waals surface area (Å²) in [5.74, 6) is 0.992. The number of halogens is 1. The van der Waals surface area contributed by atoms with Gasteiger partial charge in [-0.15, -0.1) is 0 Å². The molecule has 0 saturated heterocycles. The van der Waals surface area contributed by atoms with E-state index in [1.54, 1.807) is 0 Å². The van der Waals surface area contributed by atoms with Crippen molar-refractivity contribution in [1.82, 2.24) is 0 Å². The Labute approximate surface area is 105 Å².